The molecule has 1 aliphatic rings. The van der Waals surface area contributed by atoms with Crippen molar-refractivity contribution in [2.24, 2.45) is 0 Å². The van der Waals surface area contributed by atoms with Gasteiger partial charge in [0.15, 0.2) is 0 Å². The SMILES string of the molecule is CCO/C=C1/SC(=S)N(CC)C1=O. The molecule has 1 rings (SSSR count). The molecule has 0 spiro atoms. The Labute approximate surface area is 87.1 Å². The monoisotopic (exact) mass is 217 g/mol. The first-order valence-corrected chi connectivity index (χ1v) is 5.28. The van der Waals surface area contributed by atoms with Crippen LogP contribution in [-0.4, -0.2) is 28.3 Å². The summed E-state index contributed by atoms with van der Waals surface area (Å²) in [5.41, 5.74) is 0. The minimum Gasteiger partial charge on any atom is -0.500 e. The summed E-state index contributed by atoms with van der Waals surface area (Å²) in [4.78, 5) is 13.7. The summed E-state index contributed by atoms with van der Waals surface area (Å²) >= 11 is 6.31. The van der Waals surface area contributed by atoms with Crippen molar-refractivity contribution < 1.29 is 9.53 Å². The molecule has 0 aromatic heterocycles. The average Bonchev–Trinajstić information content (AvgIpc) is 2.38. The zero-order valence-corrected chi connectivity index (χ0v) is 9.20. The van der Waals surface area contributed by atoms with Crippen LogP contribution in [0, 0.1) is 0 Å². The third kappa shape index (κ3) is 2.22. The van der Waals surface area contributed by atoms with Crippen LogP contribution in [0.1, 0.15) is 13.8 Å². The van der Waals surface area contributed by atoms with E-state index in [1.807, 2.05) is 13.8 Å². The third-order valence-corrected chi connectivity index (χ3v) is 2.90. The van der Waals surface area contributed by atoms with Gasteiger partial charge in [0, 0.05) is 6.54 Å². The van der Waals surface area contributed by atoms with Gasteiger partial charge in [-0.05, 0) is 13.8 Å². The van der Waals surface area contributed by atoms with Gasteiger partial charge in [-0.2, -0.15) is 0 Å². The fraction of sp³-hybridized carbons (Fsp3) is 0.500. The summed E-state index contributed by atoms with van der Waals surface area (Å²) in [6, 6.07) is 0. The number of likely N-dealkylation sites (N-methyl/N-ethyl adjacent to an activating group) is 1. The molecule has 1 aliphatic heterocycles. The minimum atomic E-state index is -0.0500. The van der Waals surface area contributed by atoms with Crippen molar-refractivity contribution in [2.75, 3.05) is 13.2 Å². The average molecular weight is 217 g/mol. The predicted octanol–water partition coefficient (Wildman–Crippen LogP) is 1.74. The summed E-state index contributed by atoms with van der Waals surface area (Å²) in [5, 5.41) is 0. The molecule has 1 amide bonds. The number of thioether (sulfide) groups is 1. The molecule has 0 atom stereocenters. The maximum absolute atomic E-state index is 11.5. The van der Waals surface area contributed by atoms with Crippen molar-refractivity contribution in [1.82, 2.24) is 4.90 Å². The molecule has 0 unspecified atom stereocenters. The molecule has 1 heterocycles. The van der Waals surface area contributed by atoms with E-state index in [1.54, 1.807) is 4.90 Å². The zero-order valence-electron chi connectivity index (χ0n) is 7.57. The van der Waals surface area contributed by atoms with E-state index in [-0.39, 0.29) is 5.91 Å². The van der Waals surface area contributed by atoms with Crippen LogP contribution in [0.5, 0.6) is 0 Å². The number of hydrogen-bond donors (Lipinski definition) is 0. The smallest absolute Gasteiger partial charge is 0.269 e. The Morgan fingerprint density at radius 3 is 2.77 bits per heavy atom. The van der Waals surface area contributed by atoms with Gasteiger partial charge in [0.05, 0.1) is 6.61 Å². The molecule has 0 aromatic rings. The number of thiocarbonyl (C=S) groups is 1. The van der Waals surface area contributed by atoms with Crippen molar-refractivity contribution in [3.63, 3.8) is 0 Å². The number of carbonyl (C=O) groups is 1. The van der Waals surface area contributed by atoms with Gasteiger partial charge in [-0.1, -0.05) is 24.0 Å². The lowest BCUT2D eigenvalue weighted by Gasteiger charge is -2.09. The maximum Gasteiger partial charge on any atom is 0.269 e. The lowest BCUT2D eigenvalue weighted by molar-refractivity contribution is -0.122. The molecular weight excluding hydrogens is 206 g/mol. The highest BCUT2D eigenvalue weighted by Crippen LogP contribution is 2.30. The highest BCUT2D eigenvalue weighted by Gasteiger charge is 2.30. The van der Waals surface area contributed by atoms with E-state index >= 15 is 0 Å². The highest BCUT2D eigenvalue weighted by atomic mass is 32.2. The summed E-state index contributed by atoms with van der Waals surface area (Å²) in [6.07, 6.45) is 1.48. The van der Waals surface area contributed by atoms with Crippen LogP contribution in [0.2, 0.25) is 0 Å². The number of hydrogen-bond acceptors (Lipinski definition) is 4. The Hall–Kier alpha value is -0.550. The first-order chi connectivity index (χ1) is 6.20. The largest absolute Gasteiger partial charge is 0.500 e. The molecule has 72 valence electrons. The molecule has 0 aromatic carbocycles. The molecule has 3 nitrogen and oxygen atoms in total. The van der Waals surface area contributed by atoms with Crippen molar-refractivity contribution in [1.29, 1.82) is 0 Å². The quantitative estimate of drug-likeness (QED) is 0.409. The lowest BCUT2D eigenvalue weighted by Crippen LogP contribution is -2.27. The zero-order chi connectivity index (χ0) is 9.84. The topological polar surface area (TPSA) is 29.5 Å². The van der Waals surface area contributed by atoms with E-state index in [0.29, 0.717) is 22.4 Å². The number of rotatable bonds is 3. The molecule has 0 bridgehead atoms. The Kier molecular flexibility index (Phi) is 3.74. The van der Waals surface area contributed by atoms with E-state index in [0.717, 1.165) is 0 Å². The van der Waals surface area contributed by atoms with Gasteiger partial charge in [0.1, 0.15) is 15.5 Å². The minimum absolute atomic E-state index is 0.0500. The van der Waals surface area contributed by atoms with Crippen molar-refractivity contribution in [3.8, 4) is 0 Å². The van der Waals surface area contributed by atoms with Crippen molar-refractivity contribution >= 4 is 34.2 Å². The summed E-state index contributed by atoms with van der Waals surface area (Å²) < 4.78 is 5.65. The standard InChI is InChI=1S/C8H11NO2S2/c1-3-9-7(10)6(5-11-4-2)13-8(9)12/h5H,3-4H2,1-2H3/b6-5+. The number of nitrogens with zero attached hydrogens (tertiary/aromatic N) is 1. The molecule has 0 N–H and O–H groups in total. The normalized spacial score (nSPS) is 20.2. The van der Waals surface area contributed by atoms with Crippen LogP contribution in [-0.2, 0) is 9.53 Å². The first-order valence-electron chi connectivity index (χ1n) is 4.06. The molecule has 13 heavy (non-hydrogen) atoms. The van der Waals surface area contributed by atoms with Crippen LogP contribution in [0.15, 0.2) is 11.2 Å². The second-order valence-corrected chi connectivity index (χ2v) is 4.03. The van der Waals surface area contributed by atoms with Gasteiger partial charge in [-0.15, -0.1) is 0 Å². The second kappa shape index (κ2) is 4.62. The predicted molar refractivity (Wildman–Crippen MR) is 57.3 cm³/mol. The van der Waals surface area contributed by atoms with Gasteiger partial charge < -0.3 is 4.74 Å². The molecule has 0 radical (unpaired) electrons. The van der Waals surface area contributed by atoms with Crippen LogP contribution < -0.4 is 0 Å². The third-order valence-electron chi connectivity index (χ3n) is 1.55. The first kappa shape index (κ1) is 10.5. The van der Waals surface area contributed by atoms with Gasteiger partial charge in [0.25, 0.3) is 5.91 Å². The summed E-state index contributed by atoms with van der Waals surface area (Å²) in [7, 11) is 0. The molecule has 5 heteroatoms. The molecule has 1 fully saturated rings. The van der Waals surface area contributed by atoms with Crippen LogP contribution in [0.3, 0.4) is 0 Å². The molecule has 0 saturated carbocycles. The Morgan fingerprint density at radius 1 is 1.62 bits per heavy atom. The van der Waals surface area contributed by atoms with Crippen LogP contribution in [0.25, 0.3) is 0 Å². The second-order valence-electron chi connectivity index (χ2n) is 2.35. The summed E-state index contributed by atoms with van der Waals surface area (Å²) in [6.45, 7) is 4.95. The lowest BCUT2D eigenvalue weighted by atomic mass is 10.5. The van der Waals surface area contributed by atoms with Gasteiger partial charge >= 0.3 is 0 Å². The Balaban J connectivity index is 2.72. The van der Waals surface area contributed by atoms with Gasteiger partial charge in [-0.3, -0.25) is 9.69 Å². The van der Waals surface area contributed by atoms with E-state index in [4.69, 9.17) is 17.0 Å². The van der Waals surface area contributed by atoms with Crippen LogP contribution in [0.4, 0.5) is 0 Å². The maximum atomic E-state index is 11.5. The highest BCUT2D eigenvalue weighted by molar-refractivity contribution is 8.26. The molecule has 0 aliphatic carbocycles. The van der Waals surface area contributed by atoms with E-state index < -0.39 is 0 Å². The number of ether oxygens (including phenoxy) is 1. The van der Waals surface area contributed by atoms with Crippen LogP contribution >= 0.6 is 24.0 Å². The Bertz CT molecular complexity index is 263. The number of amides is 1. The van der Waals surface area contributed by atoms with E-state index in [9.17, 15) is 4.79 Å². The van der Waals surface area contributed by atoms with Crippen molar-refractivity contribution in [2.45, 2.75) is 13.8 Å². The van der Waals surface area contributed by atoms with Crippen molar-refractivity contribution in [3.05, 3.63) is 11.2 Å². The van der Waals surface area contributed by atoms with Gasteiger partial charge in [-0.25, -0.2) is 0 Å². The fourth-order valence-corrected chi connectivity index (χ4v) is 2.22. The van der Waals surface area contributed by atoms with E-state index in [2.05, 4.69) is 0 Å². The summed E-state index contributed by atoms with van der Waals surface area (Å²) in [5.74, 6) is -0.0500. The van der Waals surface area contributed by atoms with Gasteiger partial charge in [0.2, 0.25) is 0 Å². The van der Waals surface area contributed by atoms with E-state index in [1.165, 1.54) is 18.0 Å². The number of carbonyl (C=O) groups excluding carboxylic acids is 1. The Morgan fingerprint density at radius 2 is 2.31 bits per heavy atom. The fourth-order valence-electron chi connectivity index (χ4n) is 0.915. The molecular formula is C8H11NO2S2. The molecule has 1 saturated heterocycles.